The van der Waals surface area contributed by atoms with Crippen LogP contribution in [0.15, 0.2) is 24.3 Å². The Morgan fingerprint density at radius 2 is 1.76 bits per heavy atom. The molecule has 1 fully saturated rings. The lowest BCUT2D eigenvalue weighted by Gasteiger charge is -2.32. The van der Waals surface area contributed by atoms with E-state index in [1.54, 1.807) is 43.0 Å². The maximum Gasteiger partial charge on any atom is 0.332 e. The minimum Gasteiger partial charge on any atom is -0.464 e. The Bertz CT molecular complexity index is 739. The first-order valence-corrected chi connectivity index (χ1v) is 9.85. The van der Waals surface area contributed by atoms with Crippen LogP contribution in [0.25, 0.3) is 0 Å². The number of hydrogen-bond donors (Lipinski definition) is 2. The molecule has 0 aliphatic carbocycles. The number of amidine groups is 1. The van der Waals surface area contributed by atoms with E-state index >= 15 is 0 Å². The number of rotatable bonds is 9. The fourth-order valence-corrected chi connectivity index (χ4v) is 3.24. The summed E-state index contributed by atoms with van der Waals surface area (Å²) in [5.41, 5.74) is 6.48. The molecule has 3 N–H and O–H groups in total. The third-order valence-electron chi connectivity index (χ3n) is 4.95. The molecule has 0 saturated carbocycles. The Balaban J connectivity index is 1.79. The zero-order valence-corrected chi connectivity index (χ0v) is 17.0. The lowest BCUT2D eigenvalue weighted by atomic mass is 9.94. The summed E-state index contributed by atoms with van der Waals surface area (Å²) in [5, 5.41) is 7.39. The first-order valence-electron chi connectivity index (χ1n) is 9.85. The molecule has 1 aromatic rings. The molecule has 8 heteroatoms. The monoisotopic (exact) mass is 403 g/mol. The Morgan fingerprint density at radius 3 is 2.31 bits per heavy atom. The topological polar surface area (TPSA) is 123 Å². The van der Waals surface area contributed by atoms with Crippen LogP contribution in [0, 0.1) is 11.3 Å². The molecule has 8 nitrogen and oxygen atoms in total. The molecule has 1 aliphatic heterocycles. The third kappa shape index (κ3) is 6.67. The van der Waals surface area contributed by atoms with E-state index in [2.05, 4.69) is 0 Å². The normalized spacial score (nSPS) is 15.6. The average Bonchev–Trinajstić information content (AvgIpc) is 2.72. The van der Waals surface area contributed by atoms with Crippen LogP contribution in [0.5, 0.6) is 0 Å². The van der Waals surface area contributed by atoms with E-state index in [0.717, 1.165) is 0 Å². The molecule has 0 bridgehead atoms. The molecule has 1 unspecified atom stereocenters. The Hall–Kier alpha value is -2.74. The predicted octanol–water partition coefficient (Wildman–Crippen LogP) is 1.75. The number of ether oxygens (including phenoxy) is 2. The summed E-state index contributed by atoms with van der Waals surface area (Å²) in [6, 6.07) is 6.52. The summed E-state index contributed by atoms with van der Waals surface area (Å²) in [7, 11) is 0. The molecule has 158 valence electrons. The number of nitrogen functional groups attached to an aromatic ring is 1. The highest BCUT2D eigenvalue weighted by Crippen LogP contribution is 2.18. The number of carbonyl (C=O) groups excluding carboxylic acids is 3. The van der Waals surface area contributed by atoms with Crippen molar-refractivity contribution < 1.29 is 23.9 Å². The smallest absolute Gasteiger partial charge is 0.332 e. The van der Waals surface area contributed by atoms with Crippen molar-refractivity contribution in [2.75, 3.05) is 26.3 Å². The standard InChI is InChI=1S/C21H29N3O5/c1-3-28-19(26)13-29-17-8-10-24(11-9-17)18(25)12-14(2)20(27)15-4-6-16(7-5-15)21(22)23/h4-7,14,17H,3,8-13H2,1-2H3,(H3,22,23). The number of piperidine rings is 1. The van der Waals surface area contributed by atoms with Gasteiger partial charge >= 0.3 is 5.97 Å². The Kier molecular flexibility index (Phi) is 8.33. The number of carbonyl (C=O) groups is 3. The lowest BCUT2D eigenvalue weighted by molar-refractivity contribution is -0.152. The minimum absolute atomic E-state index is 0.0538. The van der Waals surface area contributed by atoms with Gasteiger partial charge in [-0.05, 0) is 19.8 Å². The second-order valence-electron chi connectivity index (χ2n) is 7.16. The number of hydrogen-bond acceptors (Lipinski definition) is 6. The number of nitrogens with zero attached hydrogens (tertiary/aromatic N) is 1. The Labute approximate surface area is 170 Å². The summed E-state index contributed by atoms with van der Waals surface area (Å²) in [4.78, 5) is 38.2. The quantitative estimate of drug-likeness (QED) is 0.280. The summed E-state index contributed by atoms with van der Waals surface area (Å²) in [6.45, 7) is 4.83. The largest absolute Gasteiger partial charge is 0.464 e. The molecule has 29 heavy (non-hydrogen) atoms. The van der Waals surface area contributed by atoms with Gasteiger partial charge in [-0.3, -0.25) is 15.0 Å². The second-order valence-corrected chi connectivity index (χ2v) is 7.16. The molecule has 1 aliphatic rings. The van der Waals surface area contributed by atoms with E-state index in [0.29, 0.717) is 43.7 Å². The molecule has 1 atom stereocenters. The van der Waals surface area contributed by atoms with Gasteiger partial charge < -0.3 is 20.1 Å². The van der Waals surface area contributed by atoms with E-state index < -0.39 is 5.92 Å². The van der Waals surface area contributed by atoms with Gasteiger partial charge in [0, 0.05) is 36.6 Å². The molecule has 0 aromatic heterocycles. The van der Waals surface area contributed by atoms with Crippen molar-refractivity contribution in [3.8, 4) is 0 Å². The van der Waals surface area contributed by atoms with Gasteiger partial charge in [0.25, 0.3) is 0 Å². The first kappa shape index (κ1) is 22.5. The van der Waals surface area contributed by atoms with Crippen LogP contribution in [0.4, 0.5) is 0 Å². The van der Waals surface area contributed by atoms with Gasteiger partial charge in [-0.2, -0.15) is 0 Å². The molecule has 1 aromatic carbocycles. The van der Waals surface area contributed by atoms with Gasteiger partial charge in [0.15, 0.2) is 5.78 Å². The van der Waals surface area contributed by atoms with E-state index in [1.807, 2.05) is 0 Å². The number of benzene rings is 1. The van der Waals surface area contributed by atoms with Gasteiger partial charge in [-0.15, -0.1) is 0 Å². The summed E-state index contributed by atoms with van der Waals surface area (Å²) < 4.78 is 10.4. The molecule has 1 heterocycles. The van der Waals surface area contributed by atoms with E-state index in [4.69, 9.17) is 20.6 Å². The molecular formula is C21H29N3O5. The van der Waals surface area contributed by atoms with Crippen molar-refractivity contribution in [1.29, 1.82) is 5.41 Å². The average molecular weight is 403 g/mol. The zero-order valence-electron chi connectivity index (χ0n) is 17.0. The van der Waals surface area contributed by atoms with Crippen molar-refractivity contribution in [2.45, 2.75) is 39.2 Å². The number of nitrogens with two attached hydrogens (primary N) is 1. The van der Waals surface area contributed by atoms with Crippen molar-refractivity contribution in [2.24, 2.45) is 11.7 Å². The van der Waals surface area contributed by atoms with Gasteiger partial charge in [0.2, 0.25) is 5.91 Å². The number of nitrogens with one attached hydrogen (secondary N) is 1. The van der Waals surface area contributed by atoms with E-state index in [9.17, 15) is 14.4 Å². The number of esters is 1. The van der Waals surface area contributed by atoms with Crippen molar-refractivity contribution in [1.82, 2.24) is 4.90 Å². The summed E-state index contributed by atoms with van der Waals surface area (Å²) >= 11 is 0. The van der Waals surface area contributed by atoms with Crippen molar-refractivity contribution in [3.63, 3.8) is 0 Å². The maximum absolute atomic E-state index is 12.6. The van der Waals surface area contributed by atoms with Gasteiger partial charge in [0.05, 0.1) is 12.7 Å². The summed E-state index contributed by atoms with van der Waals surface area (Å²) in [5.74, 6) is -1.05. The SMILES string of the molecule is CCOC(=O)COC1CCN(C(=O)CC(C)C(=O)c2ccc(C(=N)N)cc2)CC1. The van der Waals surface area contributed by atoms with Crippen LogP contribution in [0.1, 0.15) is 49.0 Å². The number of Topliss-reactive ketones (excluding diaryl/α,β-unsaturated/α-hetero) is 1. The molecule has 1 amide bonds. The summed E-state index contributed by atoms with van der Waals surface area (Å²) in [6.07, 6.45) is 1.38. The number of likely N-dealkylation sites (tertiary alicyclic amines) is 1. The predicted molar refractivity (Wildman–Crippen MR) is 108 cm³/mol. The first-order chi connectivity index (χ1) is 13.8. The maximum atomic E-state index is 12.6. The van der Waals surface area contributed by atoms with Crippen LogP contribution in [0.3, 0.4) is 0 Å². The highest BCUT2D eigenvalue weighted by molar-refractivity contribution is 6.01. The van der Waals surface area contributed by atoms with Crippen LogP contribution in [-0.2, 0) is 19.1 Å². The molecular weight excluding hydrogens is 374 g/mol. The van der Waals surface area contributed by atoms with Crippen molar-refractivity contribution >= 4 is 23.5 Å². The van der Waals surface area contributed by atoms with Gasteiger partial charge in [-0.1, -0.05) is 31.2 Å². The van der Waals surface area contributed by atoms with Gasteiger partial charge in [0.1, 0.15) is 12.4 Å². The zero-order chi connectivity index (χ0) is 21.4. The van der Waals surface area contributed by atoms with E-state index in [-0.39, 0.29) is 42.6 Å². The number of amides is 1. The van der Waals surface area contributed by atoms with Crippen LogP contribution >= 0.6 is 0 Å². The molecule has 1 saturated heterocycles. The van der Waals surface area contributed by atoms with Crippen molar-refractivity contribution in [3.05, 3.63) is 35.4 Å². The molecule has 2 rings (SSSR count). The fraction of sp³-hybridized carbons (Fsp3) is 0.524. The second kappa shape index (κ2) is 10.7. The minimum atomic E-state index is -0.441. The third-order valence-corrected chi connectivity index (χ3v) is 4.95. The number of ketones is 1. The molecule has 0 radical (unpaired) electrons. The Morgan fingerprint density at radius 1 is 1.17 bits per heavy atom. The van der Waals surface area contributed by atoms with E-state index in [1.165, 1.54) is 0 Å². The lowest BCUT2D eigenvalue weighted by Crippen LogP contribution is -2.42. The van der Waals surface area contributed by atoms with Crippen LogP contribution in [-0.4, -0.2) is 60.8 Å². The van der Waals surface area contributed by atoms with Gasteiger partial charge in [-0.25, -0.2) is 4.79 Å². The highest BCUT2D eigenvalue weighted by Gasteiger charge is 2.26. The molecule has 0 spiro atoms. The van der Waals surface area contributed by atoms with Crippen LogP contribution in [0.2, 0.25) is 0 Å². The van der Waals surface area contributed by atoms with Crippen LogP contribution < -0.4 is 5.73 Å². The fourth-order valence-electron chi connectivity index (χ4n) is 3.24. The highest BCUT2D eigenvalue weighted by atomic mass is 16.6.